The third kappa shape index (κ3) is 3.42. The van der Waals surface area contributed by atoms with Gasteiger partial charge in [0.25, 0.3) is 0 Å². The van der Waals surface area contributed by atoms with E-state index in [1.165, 1.54) is 5.69 Å². The van der Waals surface area contributed by atoms with Crippen LogP contribution >= 0.6 is 0 Å². The summed E-state index contributed by atoms with van der Waals surface area (Å²) in [6, 6.07) is 7.12. The highest BCUT2D eigenvalue weighted by Gasteiger charge is 2.26. The molecule has 0 unspecified atom stereocenters. The fourth-order valence-electron chi connectivity index (χ4n) is 4.25. The SMILES string of the molecule is C[C@@H]1CN[C@@H](C)CN1c1cc(N2CCOCC2)nc2c(-c3ccn[nH]3)nccc12. The van der Waals surface area contributed by atoms with Crippen molar-refractivity contribution in [1.29, 1.82) is 0 Å². The number of morpholine rings is 1. The number of hydrogen-bond donors (Lipinski definition) is 2. The van der Waals surface area contributed by atoms with Gasteiger partial charge in [0.05, 0.1) is 24.6 Å². The molecule has 2 N–H and O–H groups in total. The van der Waals surface area contributed by atoms with Crippen molar-refractivity contribution in [3.05, 3.63) is 30.6 Å². The molecule has 0 aromatic carbocycles. The number of ether oxygens (including phenoxy) is 1. The van der Waals surface area contributed by atoms with E-state index < -0.39 is 0 Å². The number of rotatable bonds is 3. The Hall–Kier alpha value is -2.71. The lowest BCUT2D eigenvalue weighted by molar-refractivity contribution is 0.122. The third-order valence-electron chi connectivity index (χ3n) is 5.86. The van der Waals surface area contributed by atoms with E-state index in [9.17, 15) is 0 Å². The summed E-state index contributed by atoms with van der Waals surface area (Å²) < 4.78 is 5.56. The molecule has 8 heteroatoms. The summed E-state index contributed by atoms with van der Waals surface area (Å²) in [5, 5.41) is 11.9. The number of fused-ring (bicyclic) bond motifs is 1. The summed E-state index contributed by atoms with van der Waals surface area (Å²) >= 11 is 0. The third-order valence-corrected chi connectivity index (χ3v) is 5.86. The van der Waals surface area contributed by atoms with Crippen LogP contribution in [0.1, 0.15) is 13.8 Å². The van der Waals surface area contributed by atoms with Gasteiger partial charge in [-0.05, 0) is 26.0 Å². The zero-order valence-corrected chi connectivity index (χ0v) is 16.9. The molecule has 0 bridgehead atoms. The van der Waals surface area contributed by atoms with Gasteiger partial charge in [-0.2, -0.15) is 5.10 Å². The number of nitrogens with one attached hydrogen (secondary N) is 2. The van der Waals surface area contributed by atoms with Crippen molar-refractivity contribution in [2.45, 2.75) is 25.9 Å². The second-order valence-corrected chi connectivity index (χ2v) is 7.94. The van der Waals surface area contributed by atoms with Gasteiger partial charge in [-0.25, -0.2) is 4.98 Å². The molecule has 5 heterocycles. The molecule has 0 aliphatic carbocycles. The van der Waals surface area contributed by atoms with Gasteiger partial charge in [0.15, 0.2) is 0 Å². The number of H-pyrrole nitrogens is 1. The molecule has 2 saturated heterocycles. The summed E-state index contributed by atoms with van der Waals surface area (Å²) in [7, 11) is 0. The van der Waals surface area contributed by atoms with Gasteiger partial charge in [-0.3, -0.25) is 10.1 Å². The van der Waals surface area contributed by atoms with Crippen LogP contribution in [0.4, 0.5) is 11.5 Å². The number of hydrogen-bond acceptors (Lipinski definition) is 7. The molecular formula is C21H27N7O. The van der Waals surface area contributed by atoms with E-state index in [0.29, 0.717) is 12.1 Å². The molecule has 2 aliphatic rings. The highest BCUT2D eigenvalue weighted by Crippen LogP contribution is 2.35. The van der Waals surface area contributed by atoms with Crippen LogP contribution in [0.2, 0.25) is 0 Å². The smallest absolute Gasteiger partial charge is 0.131 e. The minimum atomic E-state index is 0.401. The lowest BCUT2D eigenvalue weighted by Crippen LogP contribution is -2.54. The Balaban J connectivity index is 1.70. The van der Waals surface area contributed by atoms with Crippen molar-refractivity contribution in [2.75, 3.05) is 49.2 Å². The Morgan fingerprint density at radius 3 is 2.79 bits per heavy atom. The fourth-order valence-corrected chi connectivity index (χ4v) is 4.25. The number of nitrogens with zero attached hydrogens (tertiary/aromatic N) is 5. The van der Waals surface area contributed by atoms with E-state index in [1.807, 2.05) is 12.3 Å². The van der Waals surface area contributed by atoms with Crippen LogP contribution in [-0.4, -0.2) is 71.6 Å². The van der Waals surface area contributed by atoms with Crippen LogP contribution in [-0.2, 0) is 4.74 Å². The van der Waals surface area contributed by atoms with Gasteiger partial charge < -0.3 is 19.9 Å². The lowest BCUT2D eigenvalue weighted by Gasteiger charge is -2.40. The normalized spacial score (nSPS) is 23.0. The monoisotopic (exact) mass is 393 g/mol. The number of aromatic nitrogens is 4. The van der Waals surface area contributed by atoms with Gasteiger partial charge in [-0.1, -0.05) is 0 Å². The molecule has 0 spiro atoms. The first kappa shape index (κ1) is 18.3. The van der Waals surface area contributed by atoms with Crippen LogP contribution in [0.5, 0.6) is 0 Å². The molecule has 2 aliphatic heterocycles. The first-order valence-corrected chi connectivity index (χ1v) is 10.3. The van der Waals surface area contributed by atoms with E-state index in [-0.39, 0.29) is 0 Å². The number of pyridine rings is 2. The summed E-state index contributed by atoms with van der Waals surface area (Å²) in [6.07, 6.45) is 3.62. The Morgan fingerprint density at radius 2 is 2.00 bits per heavy atom. The predicted octanol–water partition coefficient (Wildman–Crippen LogP) is 2.04. The van der Waals surface area contributed by atoms with Crippen molar-refractivity contribution in [3.63, 3.8) is 0 Å². The summed E-state index contributed by atoms with van der Waals surface area (Å²) in [5.74, 6) is 0.989. The maximum absolute atomic E-state index is 5.56. The number of anilines is 2. The second kappa shape index (κ2) is 7.61. The molecule has 8 nitrogen and oxygen atoms in total. The van der Waals surface area contributed by atoms with Crippen LogP contribution in [0.15, 0.2) is 30.6 Å². The number of aromatic amines is 1. The number of piperazine rings is 1. The van der Waals surface area contributed by atoms with E-state index in [2.05, 4.69) is 56.3 Å². The highest BCUT2D eigenvalue weighted by molar-refractivity contribution is 6.00. The molecule has 5 rings (SSSR count). The van der Waals surface area contributed by atoms with Crippen LogP contribution in [0.25, 0.3) is 22.3 Å². The molecule has 2 fully saturated rings. The van der Waals surface area contributed by atoms with Crippen molar-refractivity contribution >= 4 is 22.4 Å². The minimum Gasteiger partial charge on any atom is -0.378 e. The lowest BCUT2D eigenvalue weighted by atomic mass is 10.1. The summed E-state index contributed by atoms with van der Waals surface area (Å²) in [5.41, 5.74) is 3.86. The second-order valence-electron chi connectivity index (χ2n) is 7.94. The van der Waals surface area contributed by atoms with Gasteiger partial charge in [-0.15, -0.1) is 0 Å². The molecular weight excluding hydrogens is 366 g/mol. The molecule has 0 radical (unpaired) electrons. The van der Waals surface area contributed by atoms with Gasteiger partial charge in [0, 0.05) is 62.1 Å². The standard InChI is InChI=1S/C21H27N7O/c1-14-13-28(15(2)12-23-14)18-11-19(27-7-9-29-10-8-27)25-20-16(18)3-5-22-21(20)17-4-6-24-26-17/h3-6,11,14-15,23H,7-10,12-13H2,1-2H3,(H,24,26)/t14-,15+/m0/s1. The predicted molar refractivity (Wildman–Crippen MR) is 114 cm³/mol. The molecule has 0 amide bonds. The van der Waals surface area contributed by atoms with E-state index in [0.717, 1.165) is 67.5 Å². The highest BCUT2D eigenvalue weighted by atomic mass is 16.5. The zero-order valence-electron chi connectivity index (χ0n) is 16.9. The first-order chi connectivity index (χ1) is 14.2. The Kier molecular flexibility index (Phi) is 4.81. The van der Waals surface area contributed by atoms with E-state index >= 15 is 0 Å². The summed E-state index contributed by atoms with van der Waals surface area (Å²) in [6.45, 7) is 9.61. The maximum atomic E-state index is 5.56. The molecule has 3 aromatic rings. The van der Waals surface area contributed by atoms with Crippen LogP contribution in [0, 0.1) is 0 Å². The first-order valence-electron chi connectivity index (χ1n) is 10.3. The average molecular weight is 393 g/mol. The van der Waals surface area contributed by atoms with Crippen molar-refractivity contribution in [3.8, 4) is 11.4 Å². The average Bonchev–Trinajstić information content (AvgIpc) is 3.29. The Bertz CT molecular complexity index is 984. The summed E-state index contributed by atoms with van der Waals surface area (Å²) in [4.78, 5) is 14.5. The Morgan fingerprint density at radius 1 is 1.14 bits per heavy atom. The molecule has 3 aromatic heterocycles. The molecule has 2 atom stereocenters. The van der Waals surface area contributed by atoms with E-state index in [1.54, 1.807) is 6.20 Å². The Labute approximate surface area is 170 Å². The quantitative estimate of drug-likeness (QED) is 0.705. The largest absolute Gasteiger partial charge is 0.378 e. The van der Waals surface area contributed by atoms with Crippen molar-refractivity contribution in [1.82, 2.24) is 25.5 Å². The molecule has 0 saturated carbocycles. The fraction of sp³-hybridized carbons (Fsp3) is 0.476. The van der Waals surface area contributed by atoms with Gasteiger partial charge >= 0.3 is 0 Å². The topological polar surface area (TPSA) is 82.2 Å². The molecule has 29 heavy (non-hydrogen) atoms. The molecule has 152 valence electrons. The maximum Gasteiger partial charge on any atom is 0.131 e. The minimum absolute atomic E-state index is 0.401. The van der Waals surface area contributed by atoms with Gasteiger partial charge in [0.1, 0.15) is 17.0 Å². The zero-order chi connectivity index (χ0) is 19.8. The van der Waals surface area contributed by atoms with Crippen molar-refractivity contribution in [2.24, 2.45) is 0 Å². The van der Waals surface area contributed by atoms with Crippen LogP contribution < -0.4 is 15.1 Å². The van der Waals surface area contributed by atoms with Gasteiger partial charge in [0.2, 0.25) is 0 Å². The van der Waals surface area contributed by atoms with Crippen LogP contribution in [0.3, 0.4) is 0 Å². The van der Waals surface area contributed by atoms with E-state index in [4.69, 9.17) is 9.72 Å². The van der Waals surface area contributed by atoms with Crippen molar-refractivity contribution < 1.29 is 4.74 Å².